The van der Waals surface area contributed by atoms with Crippen LogP contribution in [0.1, 0.15) is 24.1 Å². The zero-order valence-electron chi connectivity index (χ0n) is 13.9. The summed E-state index contributed by atoms with van der Waals surface area (Å²) < 4.78 is 37.8. The van der Waals surface area contributed by atoms with E-state index in [9.17, 15) is 17.6 Å². The molecule has 0 fully saturated rings. The summed E-state index contributed by atoms with van der Waals surface area (Å²) in [5.74, 6) is -0.642. The highest BCUT2D eigenvalue weighted by molar-refractivity contribution is 7.92. The first-order valence-corrected chi connectivity index (χ1v) is 9.44. The average Bonchev–Trinajstić information content (AvgIpc) is 2.53. The molecular formula is C18H19FN2O3S. The first-order valence-electron chi connectivity index (χ1n) is 7.55. The van der Waals surface area contributed by atoms with E-state index < -0.39 is 10.0 Å². The van der Waals surface area contributed by atoms with Crippen LogP contribution in [0.5, 0.6) is 0 Å². The van der Waals surface area contributed by atoms with Crippen LogP contribution < -0.4 is 10.0 Å². The summed E-state index contributed by atoms with van der Waals surface area (Å²) in [6, 6.07) is 12.3. The normalized spacial score (nSPS) is 12.8. The second-order valence-corrected chi connectivity index (χ2v) is 7.36. The summed E-state index contributed by atoms with van der Waals surface area (Å²) >= 11 is 0. The van der Waals surface area contributed by atoms with Crippen molar-refractivity contribution in [3.05, 3.63) is 71.6 Å². The lowest BCUT2D eigenvalue weighted by molar-refractivity contribution is -0.117. The van der Waals surface area contributed by atoms with Crippen molar-refractivity contribution < 1.29 is 17.6 Å². The highest BCUT2D eigenvalue weighted by atomic mass is 32.2. The van der Waals surface area contributed by atoms with Gasteiger partial charge >= 0.3 is 0 Å². The van der Waals surface area contributed by atoms with E-state index in [0.29, 0.717) is 11.3 Å². The molecule has 0 bridgehead atoms. The minimum absolute atomic E-state index is 0.307. The average molecular weight is 362 g/mol. The van der Waals surface area contributed by atoms with Crippen molar-refractivity contribution in [1.29, 1.82) is 0 Å². The molecule has 2 rings (SSSR count). The highest BCUT2D eigenvalue weighted by Crippen LogP contribution is 2.18. The zero-order valence-corrected chi connectivity index (χ0v) is 14.7. The fraction of sp³-hybridized carbons (Fsp3) is 0.167. The molecule has 0 aliphatic rings. The van der Waals surface area contributed by atoms with Gasteiger partial charge in [0.2, 0.25) is 15.9 Å². The number of carbonyl (C=O) groups excluding carboxylic acids is 1. The van der Waals surface area contributed by atoms with Gasteiger partial charge in [-0.3, -0.25) is 9.52 Å². The smallest absolute Gasteiger partial charge is 0.244 e. The van der Waals surface area contributed by atoms with Crippen molar-refractivity contribution in [3.63, 3.8) is 0 Å². The molecule has 2 N–H and O–H groups in total. The number of sulfonamides is 1. The number of anilines is 1. The maximum Gasteiger partial charge on any atom is 0.244 e. The van der Waals surface area contributed by atoms with E-state index >= 15 is 0 Å². The highest BCUT2D eigenvalue weighted by Gasteiger charge is 2.09. The lowest BCUT2D eigenvalue weighted by Gasteiger charge is -2.14. The fourth-order valence-corrected chi connectivity index (χ4v) is 2.73. The van der Waals surface area contributed by atoms with Gasteiger partial charge in [0.1, 0.15) is 5.82 Å². The van der Waals surface area contributed by atoms with Crippen LogP contribution in [0.2, 0.25) is 0 Å². The molecule has 25 heavy (non-hydrogen) atoms. The van der Waals surface area contributed by atoms with Crippen LogP contribution >= 0.6 is 0 Å². The molecule has 7 heteroatoms. The predicted octanol–water partition coefficient (Wildman–Crippen LogP) is 3.09. The van der Waals surface area contributed by atoms with Crippen molar-refractivity contribution in [2.45, 2.75) is 13.0 Å². The van der Waals surface area contributed by atoms with Gasteiger partial charge in [0.15, 0.2) is 0 Å². The van der Waals surface area contributed by atoms with Gasteiger partial charge in [-0.2, -0.15) is 0 Å². The van der Waals surface area contributed by atoms with Gasteiger partial charge in [-0.25, -0.2) is 12.8 Å². The first kappa shape index (κ1) is 18.7. The molecule has 0 saturated carbocycles. The lowest BCUT2D eigenvalue weighted by Crippen LogP contribution is -2.24. The minimum Gasteiger partial charge on any atom is -0.346 e. The fourth-order valence-electron chi connectivity index (χ4n) is 2.18. The van der Waals surface area contributed by atoms with Gasteiger partial charge in [0, 0.05) is 11.8 Å². The second-order valence-electron chi connectivity index (χ2n) is 5.61. The van der Waals surface area contributed by atoms with E-state index in [1.807, 2.05) is 0 Å². The van der Waals surface area contributed by atoms with Gasteiger partial charge < -0.3 is 5.32 Å². The number of halogens is 1. The van der Waals surface area contributed by atoms with Gasteiger partial charge in [-0.1, -0.05) is 24.3 Å². The maximum absolute atomic E-state index is 12.8. The Balaban J connectivity index is 2.01. The third kappa shape index (κ3) is 6.39. The van der Waals surface area contributed by atoms with Crippen LogP contribution in [-0.2, 0) is 14.8 Å². The Hall–Kier alpha value is -2.67. The van der Waals surface area contributed by atoms with Crippen molar-refractivity contribution in [3.8, 4) is 0 Å². The Bertz CT molecular complexity index is 877. The molecule has 0 aliphatic heterocycles. The summed E-state index contributed by atoms with van der Waals surface area (Å²) in [6.07, 6.45) is 4.02. The lowest BCUT2D eigenvalue weighted by atomic mass is 10.1. The maximum atomic E-state index is 12.8. The third-order valence-electron chi connectivity index (χ3n) is 3.35. The van der Waals surface area contributed by atoms with Crippen LogP contribution in [0, 0.1) is 5.82 Å². The summed E-state index contributed by atoms with van der Waals surface area (Å²) in [5, 5.41) is 2.79. The van der Waals surface area contributed by atoms with E-state index in [4.69, 9.17) is 0 Å². The second kappa shape index (κ2) is 7.94. The van der Waals surface area contributed by atoms with Crippen molar-refractivity contribution >= 4 is 27.7 Å². The molecule has 2 aromatic carbocycles. The van der Waals surface area contributed by atoms with E-state index in [2.05, 4.69) is 10.0 Å². The summed E-state index contributed by atoms with van der Waals surface area (Å²) in [4.78, 5) is 12.0. The predicted molar refractivity (Wildman–Crippen MR) is 96.9 cm³/mol. The Morgan fingerprint density at radius 1 is 1.16 bits per heavy atom. The Morgan fingerprint density at radius 3 is 2.48 bits per heavy atom. The first-order chi connectivity index (χ1) is 11.7. The Labute approximate surface area is 146 Å². The molecule has 0 saturated heterocycles. The number of carbonyl (C=O) groups is 1. The van der Waals surface area contributed by atoms with Gasteiger partial charge in [0.05, 0.1) is 12.3 Å². The molecule has 0 heterocycles. The van der Waals surface area contributed by atoms with Crippen LogP contribution in [0.25, 0.3) is 6.08 Å². The summed E-state index contributed by atoms with van der Waals surface area (Å²) in [7, 11) is -3.36. The van der Waals surface area contributed by atoms with Crippen LogP contribution in [0.3, 0.4) is 0 Å². The van der Waals surface area contributed by atoms with Crippen molar-refractivity contribution in [2.24, 2.45) is 0 Å². The van der Waals surface area contributed by atoms with E-state index in [1.165, 1.54) is 18.2 Å². The summed E-state index contributed by atoms with van der Waals surface area (Å²) in [5.41, 5.74) is 1.91. The van der Waals surface area contributed by atoms with E-state index in [1.54, 1.807) is 49.4 Å². The Morgan fingerprint density at radius 2 is 1.84 bits per heavy atom. The molecule has 1 amide bonds. The number of amides is 1. The molecule has 0 radical (unpaired) electrons. The molecule has 1 atom stereocenters. The van der Waals surface area contributed by atoms with E-state index in [0.717, 1.165) is 11.8 Å². The zero-order chi connectivity index (χ0) is 18.4. The molecular weight excluding hydrogens is 343 g/mol. The van der Waals surface area contributed by atoms with Crippen LogP contribution in [0.15, 0.2) is 54.6 Å². The molecule has 0 spiro atoms. The topological polar surface area (TPSA) is 75.3 Å². The number of hydrogen-bond donors (Lipinski definition) is 2. The standard InChI is InChI=1S/C18H19FN2O3S/c1-13(15-4-3-5-17(12-15)21-25(2,23)24)20-18(22)11-8-14-6-9-16(19)10-7-14/h3-13,21H,1-2H3,(H,20,22)/b11-8-/t13-/m0/s1. The van der Waals surface area contributed by atoms with Crippen LogP contribution in [-0.4, -0.2) is 20.6 Å². The van der Waals surface area contributed by atoms with Crippen molar-refractivity contribution in [2.75, 3.05) is 11.0 Å². The monoisotopic (exact) mass is 362 g/mol. The number of hydrogen-bond acceptors (Lipinski definition) is 3. The van der Waals surface area contributed by atoms with Crippen molar-refractivity contribution in [1.82, 2.24) is 5.32 Å². The largest absolute Gasteiger partial charge is 0.346 e. The molecule has 132 valence electrons. The van der Waals surface area contributed by atoms with Crippen LogP contribution in [0.4, 0.5) is 10.1 Å². The molecule has 5 nitrogen and oxygen atoms in total. The number of benzene rings is 2. The molecule has 0 unspecified atom stereocenters. The molecule has 0 aromatic heterocycles. The van der Waals surface area contributed by atoms with Gasteiger partial charge in [-0.15, -0.1) is 0 Å². The molecule has 0 aliphatic carbocycles. The minimum atomic E-state index is -3.36. The third-order valence-corrected chi connectivity index (χ3v) is 3.95. The quantitative estimate of drug-likeness (QED) is 0.776. The number of nitrogens with one attached hydrogen (secondary N) is 2. The number of rotatable bonds is 6. The van der Waals surface area contributed by atoms with E-state index in [-0.39, 0.29) is 17.8 Å². The van der Waals surface area contributed by atoms with Gasteiger partial charge in [0.25, 0.3) is 0 Å². The Kier molecular flexibility index (Phi) is 5.93. The molecule has 2 aromatic rings. The SMILES string of the molecule is C[C@H](NC(=O)/C=C\c1ccc(F)cc1)c1cccc(NS(C)(=O)=O)c1. The summed E-state index contributed by atoms with van der Waals surface area (Å²) in [6.45, 7) is 1.79. The van der Waals surface area contributed by atoms with Gasteiger partial charge in [-0.05, 0) is 48.4 Å².